The highest BCUT2D eigenvalue weighted by Crippen LogP contribution is 2.43. The Bertz CT molecular complexity index is 1370. The molecule has 3 aromatic rings. The number of hydrogen-bond donors (Lipinski definition) is 3. The third-order valence-corrected chi connectivity index (χ3v) is 7.00. The van der Waals surface area contributed by atoms with Crippen LogP contribution in [0, 0.1) is 6.92 Å². The third kappa shape index (κ3) is 6.10. The first kappa shape index (κ1) is 25.4. The largest absolute Gasteiger partial charge is 0.353 e. The first-order valence-electron chi connectivity index (χ1n) is 11.6. The van der Waals surface area contributed by atoms with Crippen molar-refractivity contribution < 1.29 is 18.0 Å². The number of hydrogen-bond acceptors (Lipinski definition) is 8. The molecule has 1 saturated carbocycles. The molecule has 2 aromatic heterocycles. The van der Waals surface area contributed by atoms with Gasteiger partial charge in [0.15, 0.2) is 0 Å². The highest BCUT2D eigenvalue weighted by atomic mass is 32.2. The Morgan fingerprint density at radius 3 is 2.50 bits per heavy atom. The minimum atomic E-state index is -3.52. The van der Waals surface area contributed by atoms with Gasteiger partial charge in [-0.05, 0) is 68.0 Å². The zero-order valence-electron chi connectivity index (χ0n) is 20.7. The molecule has 1 fully saturated rings. The summed E-state index contributed by atoms with van der Waals surface area (Å²) in [6, 6.07) is 11.1. The van der Waals surface area contributed by atoms with Gasteiger partial charge in [0, 0.05) is 25.5 Å². The Morgan fingerprint density at radius 2 is 1.83 bits per heavy atom. The Hall–Kier alpha value is -3.70. The van der Waals surface area contributed by atoms with E-state index in [0.717, 1.165) is 30.2 Å². The summed E-state index contributed by atoms with van der Waals surface area (Å²) in [6.07, 6.45) is 6.44. The lowest BCUT2D eigenvalue weighted by molar-refractivity contribution is 0.0365. The fourth-order valence-corrected chi connectivity index (χ4v) is 4.15. The number of sulfonamides is 1. The van der Waals surface area contributed by atoms with E-state index in [1.807, 2.05) is 37.3 Å². The van der Waals surface area contributed by atoms with Crippen molar-refractivity contribution in [2.45, 2.75) is 32.6 Å². The first-order chi connectivity index (χ1) is 17.2. The number of aryl methyl sites for hydroxylation is 1. The Labute approximate surface area is 211 Å². The number of amides is 1. The highest BCUT2D eigenvalue weighted by molar-refractivity contribution is 7.92. The molecule has 190 valence electrons. The first-order valence-corrected chi connectivity index (χ1v) is 13.5. The Kier molecular flexibility index (Phi) is 7.41. The van der Waals surface area contributed by atoms with Crippen LogP contribution >= 0.6 is 0 Å². The van der Waals surface area contributed by atoms with Crippen LogP contribution in [0.15, 0.2) is 48.8 Å². The van der Waals surface area contributed by atoms with E-state index in [0.29, 0.717) is 41.2 Å². The van der Waals surface area contributed by atoms with Crippen LogP contribution in [0.3, 0.4) is 0 Å². The van der Waals surface area contributed by atoms with Gasteiger partial charge in [0.2, 0.25) is 10.0 Å². The molecular weight excluding hydrogens is 480 g/mol. The molecule has 0 atom stereocenters. The molecule has 1 aliphatic rings. The molecule has 11 heteroatoms. The second-order valence-corrected chi connectivity index (χ2v) is 10.7. The molecule has 0 radical (unpaired) electrons. The van der Waals surface area contributed by atoms with Crippen molar-refractivity contribution in [3.05, 3.63) is 65.5 Å². The molecule has 1 amide bonds. The predicted octanol–water partition coefficient (Wildman–Crippen LogP) is 4.23. The molecule has 10 nitrogen and oxygen atoms in total. The molecule has 1 aromatic carbocycles. The van der Waals surface area contributed by atoms with E-state index in [2.05, 4.69) is 26.1 Å². The van der Waals surface area contributed by atoms with Crippen LogP contribution in [-0.2, 0) is 14.9 Å². The summed E-state index contributed by atoms with van der Waals surface area (Å²) in [6.45, 7) is 4.01. The third-order valence-electron chi connectivity index (χ3n) is 5.81. The molecule has 2 heterocycles. The monoisotopic (exact) mass is 510 g/mol. The van der Waals surface area contributed by atoms with Gasteiger partial charge in [-0.2, -0.15) is 0 Å². The van der Waals surface area contributed by atoms with Crippen molar-refractivity contribution in [3.8, 4) is 0 Å². The number of anilines is 5. The standard InChI is InChI=1S/C25H30N6O4S/c1-5-35-30-25(32)19-15-27-24(29-23-12-16(2)10-11-26-23)14-21(19)28-20-9-8-18(17-6-7-17)13-22(20)31(3)36(4,33)34/h8-15,17H,5-7H2,1-4H3,(H,30,32)(H2,26,27,28,29). The van der Waals surface area contributed by atoms with Crippen molar-refractivity contribution in [1.82, 2.24) is 15.4 Å². The molecule has 0 saturated heterocycles. The average molecular weight is 511 g/mol. The van der Waals surface area contributed by atoms with Crippen molar-refractivity contribution in [1.29, 1.82) is 0 Å². The second kappa shape index (κ2) is 10.5. The van der Waals surface area contributed by atoms with Crippen LogP contribution in [0.4, 0.5) is 28.7 Å². The van der Waals surface area contributed by atoms with Crippen LogP contribution in [0.5, 0.6) is 0 Å². The lowest BCUT2D eigenvalue weighted by atomic mass is 10.1. The normalized spacial score (nSPS) is 13.2. The number of nitrogens with zero attached hydrogens (tertiary/aromatic N) is 3. The number of nitrogens with one attached hydrogen (secondary N) is 3. The highest BCUT2D eigenvalue weighted by Gasteiger charge is 2.26. The zero-order valence-corrected chi connectivity index (χ0v) is 21.5. The summed E-state index contributed by atoms with van der Waals surface area (Å²) in [5.74, 6) is 1.01. The number of carbonyl (C=O) groups is 1. The summed E-state index contributed by atoms with van der Waals surface area (Å²) in [7, 11) is -2.01. The minimum Gasteiger partial charge on any atom is -0.353 e. The molecule has 36 heavy (non-hydrogen) atoms. The summed E-state index contributed by atoms with van der Waals surface area (Å²) in [5, 5.41) is 6.40. The number of hydroxylamine groups is 1. The van der Waals surface area contributed by atoms with Crippen molar-refractivity contribution >= 4 is 44.6 Å². The fraction of sp³-hybridized carbons (Fsp3) is 0.320. The van der Waals surface area contributed by atoms with Gasteiger partial charge < -0.3 is 10.6 Å². The van der Waals surface area contributed by atoms with Gasteiger partial charge in [0.05, 0.1) is 35.5 Å². The second-order valence-electron chi connectivity index (χ2n) is 8.73. The van der Waals surface area contributed by atoms with E-state index in [-0.39, 0.29) is 5.56 Å². The maximum atomic E-state index is 12.8. The van der Waals surface area contributed by atoms with Gasteiger partial charge in [-0.25, -0.2) is 23.9 Å². The van der Waals surface area contributed by atoms with Gasteiger partial charge >= 0.3 is 0 Å². The molecular formula is C25H30N6O4S. The summed E-state index contributed by atoms with van der Waals surface area (Å²) >= 11 is 0. The summed E-state index contributed by atoms with van der Waals surface area (Å²) in [5.41, 5.74) is 6.17. The number of rotatable bonds is 10. The molecule has 0 bridgehead atoms. The topological polar surface area (TPSA) is 126 Å². The zero-order chi connectivity index (χ0) is 25.9. The lowest BCUT2D eigenvalue weighted by Gasteiger charge is -2.23. The minimum absolute atomic E-state index is 0.227. The van der Waals surface area contributed by atoms with Gasteiger partial charge in [-0.1, -0.05) is 6.07 Å². The van der Waals surface area contributed by atoms with E-state index in [9.17, 15) is 13.2 Å². The maximum absolute atomic E-state index is 12.8. The van der Waals surface area contributed by atoms with Crippen molar-refractivity contribution in [2.24, 2.45) is 0 Å². The van der Waals surface area contributed by atoms with Crippen LogP contribution in [0.25, 0.3) is 0 Å². The SMILES string of the molecule is CCONC(=O)c1cnc(Nc2cc(C)ccn2)cc1Nc1ccc(C2CC2)cc1N(C)S(C)(=O)=O. The summed E-state index contributed by atoms with van der Waals surface area (Å²) < 4.78 is 26.0. The number of benzene rings is 1. The van der Waals surface area contributed by atoms with Crippen LogP contribution in [0.2, 0.25) is 0 Å². The molecule has 0 aliphatic heterocycles. The van der Waals surface area contributed by atoms with Gasteiger partial charge in [0.25, 0.3) is 5.91 Å². The van der Waals surface area contributed by atoms with E-state index in [1.165, 1.54) is 17.5 Å². The molecule has 3 N–H and O–H groups in total. The number of aromatic nitrogens is 2. The van der Waals surface area contributed by atoms with Crippen LogP contribution < -0.4 is 20.4 Å². The van der Waals surface area contributed by atoms with Crippen molar-refractivity contribution in [2.75, 3.05) is 34.8 Å². The number of carbonyl (C=O) groups excluding carboxylic acids is 1. The van der Waals surface area contributed by atoms with E-state index in [1.54, 1.807) is 19.2 Å². The number of pyridine rings is 2. The quantitative estimate of drug-likeness (QED) is 0.346. The Balaban J connectivity index is 1.74. The Morgan fingerprint density at radius 1 is 1.08 bits per heavy atom. The smallest absolute Gasteiger partial charge is 0.278 e. The summed E-state index contributed by atoms with van der Waals surface area (Å²) in [4.78, 5) is 26.5. The van der Waals surface area contributed by atoms with E-state index < -0.39 is 15.9 Å². The maximum Gasteiger partial charge on any atom is 0.278 e. The van der Waals surface area contributed by atoms with Crippen LogP contribution in [-0.4, -0.2) is 44.2 Å². The molecule has 0 spiro atoms. The van der Waals surface area contributed by atoms with Crippen LogP contribution in [0.1, 0.15) is 47.2 Å². The van der Waals surface area contributed by atoms with Gasteiger partial charge in [-0.3, -0.25) is 13.9 Å². The molecule has 0 unspecified atom stereocenters. The molecule has 4 rings (SSSR count). The fourth-order valence-electron chi connectivity index (χ4n) is 3.65. The van der Waals surface area contributed by atoms with Gasteiger partial charge in [0.1, 0.15) is 11.6 Å². The van der Waals surface area contributed by atoms with E-state index in [4.69, 9.17) is 4.84 Å². The molecule has 1 aliphatic carbocycles. The van der Waals surface area contributed by atoms with Gasteiger partial charge in [-0.15, -0.1) is 0 Å². The predicted molar refractivity (Wildman–Crippen MR) is 141 cm³/mol. The lowest BCUT2D eigenvalue weighted by Crippen LogP contribution is -2.26. The van der Waals surface area contributed by atoms with E-state index >= 15 is 0 Å². The van der Waals surface area contributed by atoms with Crippen molar-refractivity contribution in [3.63, 3.8) is 0 Å². The average Bonchev–Trinajstić information content (AvgIpc) is 3.67.